The summed E-state index contributed by atoms with van der Waals surface area (Å²) >= 11 is 0. The molecular formula is C15H32N3+. The number of piperidine rings is 1. The second kappa shape index (κ2) is 7.13. The van der Waals surface area contributed by atoms with Crippen LogP contribution in [0.2, 0.25) is 0 Å². The first-order chi connectivity index (χ1) is 8.43. The van der Waals surface area contributed by atoms with Crippen LogP contribution >= 0.6 is 0 Å². The van der Waals surface area contributed by atoms with Crippen LogP contribution in [0.15, 0.2) is 0 Å². The lowest BCUT2D eigenvalue weighted by Crippen LogP contribution is -2.51. The maximum atomic E-state index is 2.52. The molecule has 0 aromatic carbocycles. The molecule has 1 rings (SSSR count). The van der Waals surface area contributed by atoms with Gasteiger partial charge in [-0.3, -0.25) is 4.58 Å². The lowest BCUT2D eigenvalue weighted by molar-refractivity contribution is -0.588. The molecule has 0 saturated carbocycles. The summed E-state index contributed by atoms with van der Waals surface area (Å²) in [6, 6.07) is 1.63. The predicted octanol–water partition coefficient (Wildman–Crippen LogP) is 2.96. The summed E-state index contributed by atoms with van der Waals surface area (Å²) in [5.74, 6) is 0. The molecule has 0 N–H and O–H groups in total. The molecule has 0 unspecified atom stereocenters. The third kappa shape index (κ3) is 4.27. The summed E-state index contributed by atoms with van der Waals surface area (Å²) in [6.07, 6.45) is 6.40. The maximum Gasteiger partial charge on any atom is 0.253 e. The third-order valence-electron chi connectivity index (χ3n) is 3.63. The highest BCUT2D eigenvalue weighted by Crippen LogP contribution is 2.13. The Kier molecular flexibility index (Phi) is 6.13. The Morgan fingerprint density at radius 2 is 1.39 bits per heavy atom. The van der Waals surface area contributed by atoms with Gasteiger partial charge in [-0.2, -0.15) is 5.01 Å². The molecule has 0 aromatic rings. The van der Waals surface area contributed by atoms with Crippen molar-refractivity contribution in [2.75, 3.05) is 13.1 Å². The Labute approximate surface area is 113 Å². The molecule has 3 nitrogen and oxygen atoms in total. The van der Waals surface area contributed by atoms with E-state index in [4.69, 9.17) is 0 Å². The molecule has 1 saturated heterocycles. The van der Waals surface area contributed by atoms with Gasteiger partial charge < -0.3 is 0 Å². The highest BCUT2D eigenvalue weighted by atomic mass is 15.6. The van der Waals surface area contributed by atoms with Crippen LogP contribution in [0, 0.1) is 0 Å². The van der Waals surface area contributed by atoms with Crippen molar-refractivity contribution in [1.29, 1.82) is 0 Å². The average molecular weight is 254 g/mol. The van der Waals surface area contributed by atoms with Crippen molar-refractivity contribution in [2.24, 2.45) is 0 Å². The maximum absolute atomic E-state index is 2.52. The van der Waals surface area contributed by atoms with Crippen LogP contribution in [0.3, 0.4) is 0 Å². The Balaban J connectivity index is 2.86. The minimum absolute atomic E-state index is 0.531. The lowest BCUT2D eigenvalue weighted by atomic mass is 10.1. The van der Waals surface area contributed by atoms with Crippen LogP contribution in [0.25, 0.3) is 0 Å². The van der Waals surface area contributed by atoms with E-state index in [-0.39, 0.29) is 0 Å². The largest absolute Gasteiger partial charge is 0.263 e. The van der Waals surface area contributed by atoms with Crippen molar-refractivity contribution >= 4 is 6.34 Å². The first-order valence-corrected chi connectivity index (χ1v) is 7.59. The van der Waals surface area contributed by atoms with Crippen molar-refractivity contribution < 1.29 is 4.58 Å². The molecule has 0 bridgehead atoms. The Bertz CT molecular complexity index is 253. The van der Waals surface area contributed by atoms with Gasteiger partial charge in [0.1, 0.15) is 6.04 Å². The van der Waals surface area contributed by atoms with Crippen LogP contribution in [0.5, 0.6) is 0 Å². The van der Waals surface area contributed by atoms with Crippen LogP contribution < -0.4 is 0 Å². The molecule has 0 atom stereocenters. The van der Waals surface area contributed by atoms with Crippen molar-refractivity contribution in [3.05, 3.63) is 0 Å². The monoisotopic (exact) mass is 254 g/mol. The lowest BCUT2D eigenvalue weighted by Gasteiger charge is -2.33. The first kappa shape index (κ1) is 15.5. The van der Waals surface area contributed by atoms with Crippen LogP contribution in [0.1, 0.15) is 60.8 Å². The Morgan fingerprint density at radius 1 is 0.889 bits per heavy atom. The van der Waals surface area contributed by atoms with Crippen LogP contribution in [-0.2, 0) is 0 Å². The normalized spacial score (nSPS) is 17.6. The topological polar surface area (TPSA) is 9.49 Å². The number of rotatable bonds is 5. The summed E-state index contributed by atoms with van der Waals surface area (Å²) in [4.78, 5) is 0. The number of nitrogens with zero attached hydrogens (tertiary/aromatic N) is 3. The molecule has 3 heteroatoms. The summed E-state index contributed by atoms with van der Waals surface area (Å²) in [7, 11) is 0. The summed E-state index contributed by atoms with van der Waals surface area (Å²) in [5.41, 5.74) is 0. The molecular weight excluding hydrogens is 222 g/mol. The van der Waals surface area contributed by atoms with Crippen molar-refractivity contribution in [2.45, 2.75) is 78.9 Å². The SMILES string of the molecule is CC(C)N(C=[N+](C(C)C)C(C)C)N1CCCCC1. The van der Waals surface area contributed by atoms with Gasteiger partial charge in [0.2, 0.25) is 0 Å². The van der Waals surface area contributed by atoms with E-state index in [9.17, 15) is 0 Å². The van der Waals surface area contributed by atoms with Gasteiger partial charge in [-0.15, -0.1) is 5.01 Å². The number of hydrogen-bond donors (Lipinski definition) is 0. The summed E-state index contributed by atoms with van der Waals surface area (Å²) < 4.78 is 2.45. The van der Waals surface area contributed by atoms with E-state index in [1.807, 2.05) is 0 Å². The fraction of sp³-hybridized carbons (Fsp3) is 0.933. The molecule has 0 aromatic heterocycles. The fourth-order valence-corrected chi connectivity index (χ4v) is 2.64. The molecule has 1 aliphatic rings. The summed E-state index contributed by atoms with van der Waals surface area (Å²) in [6.45, 7) is 16.1. The highest BCUT2D eigenvalue weighted by Gasteiger charge is 2.26. The molecule has 0 amide bonds. The highest BCUT2D eigenvalue weighted by molar-refractivity contribution is 5.48. The quantitative estimate of drug-likeness (QED) is 0.424. The van der Waals surface area contributed by atoms with E-state index in [1.54, 1.807) is 0 Å². The van der Waals surface area contributed by atoms with Gasteiger partial charge in [0.15, 0.2) is 0 Å². The molecule has 1 fully saturated rings. The third-order valence-corrected chi connectivity index (χ3v) is 3.63. The van der Waals surface area contributed by atoms with Gasteiger partial charge in [0.05, 0.1) is 12.1 Å². The zero-order valence-electron chi connectivity index (χ0n) is 13.2. The molecule has 106 valence electrons. The molecule has 0 spiro atoms. The van der Waals surface area contributed by atoms with E-state index in [0.717, 1.165) is 0 Å². The number of hydrazine groups is 1. The zero-order chi connectivity index (χ0) is 13.7. The summed E-state index contributed by atoms with van der Waals surface area (Å²) in [5, 5.41) is 4.96. The van der Waals surface area contributed by atoms with Gasteiger partial charge in [0.25, 0.3) is 6.34 Å². The van der Waals surface area contributed by atoms with Gasteiger partial charge in [-0.05, 0) is 54.4 Å². The standard InChI is InChI=1S/C15H32N3/c1-13(2)17(14(3)4)12-18(15(5)6)16-10-8-7-9-11-16/h12-15H,7-11H2,1-6H3/q+1. The fourth-order valence-electron chi connectivity index (χ4n) is 2.64. The second-order valence-electron chi connectivity index (χ2n) is 6.24. The van der Waals surface area contributed by atoms with Gasteiger partial charge >= 0.3 is 0 Å². The van der Waals surface area contributed by atoms with Gasteiger partial charge in [0, 0.05) is 13.1 Å². The van der Waals surface area contributed by atoms with E-state index in [2.05, 4.69) is 62.5 Å². The van der Waals surface area contributed by atoms with E-state index >= 15 is 0 Å². The van der Waals surface area contributed by atoms with E-state index in [1.165, 1.54) is 32.4 Å². The van der Waals surface area contributed by atoms with Gasteiger partial charge in [-0.25, -0.2) is 0 Å². The van der Waals surface area contributed by atoms with Crippen molar-refractivity contribution in [3.8, 4) is 0 Å². The Hall–Kier alpha value is -0.570. The molecule has 18 heavy (non-hydrogen) atoms. The molecule has 1 aliphatic heterocycles. The van der Waals surface area contributed by atoms with Crippen LogP contribution in [0.4, 0.5) is 0 Å². The number of hydrogen-bond acceptors (Lipinski definition) is 1. The Morgan fingerprint density at radius 3 is 1.78 bits per heavy atom. The van der Waals surface area contributed by atoms with Gasteiger partial charge in [-0.1, -0.05) is 6.42 Å². The molecule has 0 aliphatic carbocycles. The van der Waals surface area contributed by atoms with Crippen LogP contribution in [-0.4, -0.2) is 52.1 Å². The second-order valence-corrected chi connectivity index (χ2v) is 6.24. The minimum atomic E-state index is 0.531. The minimum Gasteiger partial charge on any atom is -0.263 e. The smallest absolute Gasteiger partial charge is 0.253 e. The zero-order valence-corrected chi connectivity index (χ0v) is 13.2. The molecule has 1 heterocycles. The van der Waals surface area contributed by atoms with E-state index in [0.29, 0.717) is 18.1 Å². The van der Waals surface area contributed by atoms with Crippen molar-refractivity contribution in [3.63, 3.8) is 0 Å². The van der Waals surface area contributed by atoms with Crippen molar-refractivity contribution in [1.82, 2.24) is 10.0 Å². The first-order valence-electron chi connectivity index (χ1n) is 7.59. The van der Waals surface area contributed by atoms with E-state index < -0.39 is 0 Å². The molecule has 0 radical (unpaired) electrons. The average Bonchev–Trinajstić information content (AvgIpc) is 2.29. The predicted molar refractivity (Wildman–Crippen MR) is 79.0 cm³/mol.